The summed E-state index contributed by atoms with van der Waals surface area (Å²) >= 11 is 0. The molecule has 3 rings (SSSR count). The van der Waals surface area contributed by atoms with E-state index in [1.165, 1.54) is 33.8 Å². The van der Waals surface area contributed by atoms with Gasteiger partial charge in [0.25, 0.3) is 0 Å². The highest BCUT2D eigenvalue weighted by Crippen LogP contribution is 2.35. The molecule has 3 aromatic rings. The van der Waals surface area contributed by atoms with E-state index in [0.29, 0.717) is 0 Å². The molecular formula is C25H25N. The molecule has 0 aliphatic rings. The number of rotatable bonds is 6. The number of nitrogens with zero attached hydrogens (tertiary/aromatic N) is 1. The summed E-state index contributed by atoms with van der Waals surface area (Å²) in [6.07, 6.45) is 6.84. The maximum Gasteiger partial charge on any atom is 0.0464 e. The quantitative estimate of drug-likeness (QED) is 0.435. The number of aryl methyl sites for hydroxylation is 2. The summed E-state index contributed by atoms with van der Waals surface area (Å²) in [5, 5.41) is 0. The molecule has 1 heteroatoms. The molecule has 0 atom stereocenters. The predicted octanol–water partition coefficient (Wildman–Crippen LogP) is 7.06. The highest BCUT2D eigenvalue weighted by molar-refractivity contribution is 5.76. The Hall–Kier alpha value is -3.06. The summed E-state index contributed by atoms with van der Waals surface area (Å²) in [7, 11) is 0. The molecule has 0 heterocycles. The first kappa shape index (κ1) is 17.8. The summed E-state index contributed by atoms with van der Waals surface area (Å²) < 4.78 is 0. The van der Waals surface area contributed by atoms with Gasteiger partial charge in [0.15, 0.2) is 0 Å². The van der Waals surface area contributed by atoms with E-state index in [4.69, 9.17) is 0 Å². The average Bonchev–Trinajstić information content (AvgIpc) is 2.66. The molecule has 1 nitrogen and oxygen atoms in total. The van der Waals surface area contributed by atoms with Gasteiger partial charge in [-0.05, 0) is 62.2 Å². The van der Waals surface area contributed by atoms with E-state index < -0.39 is 0 Å². The molecule has 0 bridgehead atoms. The van der Waals surface area contributed by atoms with Crippen LogP contribution in [0.4, 0.5) is 17.1 Å². The third-order valence-electron chi connectivity index (χ3n) is 4.38. The molecule has 0 fully saturated rings. The minimum atomic E-state index is 0.898. The Morgan fingerprint density at radius 3 is 1.88 bits per heavy atom. The lowest BCUT2D eigenvalue weighted by Crippen LogP contribution is -2.10. The Bertz CT molecular complexity index is 841. The van der Waals surface area contributed by atoms with E-state index in [2.05, 4.69) is 104 Å². The lowest BCUT2D eigenvalue weighted by Gasteiger charge is -2.26. The van der Waals surface area contributed by atoms with Crippen molar-refractivity contribution in [3.63, 3.8) is 0 Å². The van der Waals surface area contributed by atoms with Crippen molar-refractivity contribution >= 4 is 17.1 Å². The first-order valence-corrected chi connectivity index (χ1v) is 8.97. The Morgan fingerprint density at radius 1 is 0.769 bits per heavy atom. The number of allylic oxidation sites excluding steroid dienone is 3. The van der Waals surface area contributed by atoms with Crippen molar-refractivity contribution in [1.82, 2.24) is 0 Å². The van der Waals surface area contributed by atoms with Crippen molar-refractivity contribution in [2.45, 2.75) is 20.3 Å². The number of benzene rings is 3. The number of hydrogen-bond donors (Lipinski definition) is 0. The fraction of sp³-hybridized carbons (Fsp3) is 0.120. The van der Waals surface area contributed by atoms with Crippen molar-refractivity contribution < 1.29 is 0 Å². The van der Waals surface area contributed by atoms with Crippen molar-refractivity contribution in [2.75, 3.05) is 4.90 Å². The largest absolute Gasteiger partial charge is 0.310 e. The van der Waals surface area contributed by atoms with Gasteiger partial charge in [0.05, 0.1) is 0 Å². The maximum atomic E-state index is 3.74. The van der Waals surface area contributed by atoms with E-state index in [-0.39, 0.29) is 0 Å². The van der Waals surface area contributed by atoms with Gasteiger partial charge in [-0.25, -0.2) is 0 Å². The van der Waals surface area contributed by atoms with Gasteiger partial charge in [-0.3, -0.25) is 0 Å². The van der Waals surface area contributed by atoms with E-state index in [9.17, 15) is 0 Å². The van der Waals surface area contributed by atoms with E-state index in [1.54, 1.807) is 0 Å². The highest BCUT2D eigenvalue weighted by atomic mass is 15.1. The lowest BCUT2D eigenvalue weighted by molar-refractivity contribution is 1.22. The van der Waals surface area contributed by atoms with Crippen LogP contribution in [0, 0.1) is 13.8 Å². The van der Waals surface area contributed by atoms with Gasteiger partial charge < -0.3 is 4.90 Å². The molecular weight excluding hydrogens is 314 g/mol. The third-order valence-corrected chi connectivity index (χ3v) is 4.38. The molecule has 0 amide bonds. The monoisotopic (exact) mass is 339 g/mol. The minimum absolute atomic E-state index is 0.898. The van der Waals surface area contributed by atoms with Gasteiger partial charge in [-0.15, -0.1) is 0 Å². The fourth-order valence-corrected chi connectivity index (χ4v) is 2.96. The van der Waals surface area contributed by atoms with E-state index >= 15 is 0 Å². The molecule has 0 aliphatic heterocycles. The summed E-state index contributed by atoms with van der Waals surface area (Å²) in [6.45, 7) is 7.97. The molecule has 26 heavy (non-hydrogen) atoms. The summed E-state index contributed by atoms with van der Waals surface area (Å²) in [6, 6.07) is 26.1. The van der Waals surface area contributed by atoms with Gasteiger partial charge in [0.2, 0.25) is 0 Å². The van der Waals surface area contributed by atoms with Crippen LogP contribution in [0.1, 0.15) is 16.7 Å². The first-order valence-electron chi connectivity index (χ1n) is 8.97. The predicted molar refractivity (Wildman–Crippen MR) is 114 cm³/mol. The molecule has 0 aliphatic carbocycles. The normalized spacial score (nSPS) is 10.8. The zero-order chi connectivity index (χ0) is 18.4. The van der Waals surface area contributed by atoms with Crippen LogP contribution < -0.4 is 4.90 Å². The molecule has 0 saturated heterocycles. The zero-order valence-electron chi connectivity index (χ0n) is 15.5. The van der Waals surface area contributed by atoms with Crippen LogP contribution in [0.3, 0.4) is 0 Å². The molecule has 0 radical (unpaired) electrons. The van der Waals surface area contributed by atoms with Crippen molar-refractivity contribution in [2.24, 2.45) is 0 Å². The molecule has 0 N–H and O–H groups in total. The Labute approximate surface area is 156 Å². The second-order valence-corrected chi connectivity index (χ2v) is 6.54. The van der Waals surface area contributed by atoms with Crippen molar-refractivity contribution in [3.05, 3.63) is 114 Å². The Morgan fingerprint density at radius 2 is 1.35 bits per heavy atom. The van der Waals surface area contributed by atoms with Crippen molar-refractivity contribution in [1.29, 1.82) is 0 Å². The fourth-order valence-electron chi connectivity index (χ4n) is 2.96. The smallest absolute Gasteiger partial charge is 0.0464 e. The summed E-state index contributed by atoms with van der Waals surface area (Å²) in [4.78, 5) is 2.31. The lowest BCUT2D eigenvalue weighted by atomic mass is 10.1. The Kier molecular flexibility index (Phi) is 5.70. The van der Waals surface area contributed by atoms with Crippen LogP contribution in [0.25, 0.3) is 0 Å². The number of anilines is 3. The van der Waals surface area contributed by atoms with Gasteiger partial charge in [-0.1, -0.05) is 72.3 Å². The third kappa shape index (κ3) is 4.31. The molecule has 0 aromatic heterocycles. The molecule has 130 valence electrons. The SMILES string of the molecule is C=C/C=C/Cc1cccc(N(c2ccc(C)cc2)c2ccc(C)cc2)c1. The van der Waals surface area contributed by atoms with E-state index in [1.807, 2.05) is 12.2 Å². The minimum Gasteiger partial charge on any atom is -0.310 e. The topological polar surface area (TPSA) is 3.24 Å². The maximum absolute atomic E-state index is 3.74. The van der Waals surface area contributed by atoms with Crippen molar-refractivity contribution in [3.8, 4) is 0 Å². The molecule has 0 unspecified atom stereocenters. The average molecular weight is 339 g/mol. The van der Waals surface area contributed by atoms with Crippen LogP contribution in [0.5, 0.6) is 0 Å². The molecule has 3 aromatic carbocycles. The van der Waals surface area contributed by atoms with Gasteiger partial charge in [0, 0.05) is 17.1 Å². The van der Waals surface area contributed by atoms with Crippen LogP contribution in [-0.4, -0.2) is 0 Å². The summed E-state index contributed by atoms with van der Waals surface area (Å²) in [5.41, 5.74) is 7.31. The second kappa shape index (κ2) is 8.35. The zero-order valence-corrected chi connectivity index (χ0v) is 15.5. The van der Waals surface area contributed by atoms with Crippen LogP contribution in [-0.2, 0) is 6.42 Å². The molecule has 0 spiro atoms. The highest BCUT2D eigenvalue weighted by Gasteiger charge is 2.12. The first-order chi connectivity index (χ1) is 12.7. The van der Waals surface area contributed by atoms with Gasteiger partial charge in [0.1, 0.15) is 0 Å². The number of hydrogen-bond acceptors (Lipinski definition) is 1. The second-order valence-electron chi connectivity index (χ2n) is 6.54. The standard InChI is InChI=1S/C25H25N/c1-4-5-6-8-22-9-7-10-25(19-22)26(23-15-11-20(2)12-16-23)24-17-13-21(3)14-18-24/h4-7,9-19H,1,8H2,2-3H3/b6-5+. The van der Waals surface area contributed by atoms with Gasteiger partial charge in [-0.2, -0.15) is 0 Å². The molecule has 0 saturated carbocycles. The van der Waals surface area contributed by atoms with E-state index in [0.717, 1.165) is 6.42 Å². The summed E-state index contributed by atoms with van der Waals surface area (Å²) in [5.74, 6) is 0. The van der Waals surface area contributed by atoms with Gasteiger partial charge >= 0.3 is 0 Å². The van der Waals surface area contributed by atoms with Crippen LogP contribution in [0.2, 0.25) is 0 Å². The van der Waals surface area contributed by atoms with Crippen LogP contribution >= 0.6 is 0 Å². The Balaban J connectivity index is 2.04. The van der Waals surface area contributed by atoms with Crippen LogP contribution in [0.15, 0.2) is 97.6 Å².